The summed E-state index contributed by atoms with van der Waals surface area (Å²) in [7, 11) is 0. The van der Waals surface area contributed by atoms with Crippen molar-refractivity contribution < 1.29 is 4.39 Å². The van der Waals surface area contributed by atoms with Crippen molar-refractivity contribution in [3.05, 3.63) is 48.0 Å². The molecule has 2 rings (SSSR count). The molecule has 1 aromatic carbocycles. The highest BCUT2D eigenvalue weighted by Crippen LogP contribution is 2.14. The van der Waals surface area contributed by atoms with Crippen molar-refractivity contribution in [2.75, 3.05) is 6.54 Å². The van der Waals surface area contributed by atoms with Gasteiger partial charge in [0, 0.05) is 18.9 Å². The van der Waals surface area contributed by atoms with Crippen LogP contribution in [0.25, 0.3) is 5.69 Å². The second kappa shape index (κ2) is 5.59. The maximum absolute atomic E-state index is 13.8. The van der Waals surface area contributed by atoms with Gasteiger partial charge >= 0.3 is 0 Å². The predicted molar refractivity (Wildman–Crippen MR) is 65.5 cm³/mol. The van der Waals surface area contributed by atoms with E-state index < -0.39 is 0 Å². The minimum atomic E-state index is -0.246. The Morgan fingerprint density at radius 2 is 2.29 bits per heavy atom. The predicted octanol–water partition coefficient (Wildman–Crippen LogP) is 2.51. The lowest BCUT2D eigenvalue weighted by Gasteiger charge is -2.07. The smallest absolute Gasteiger partial charge is 0.149 e. The molecular weight excluding hydrogens is 217 g/mol. The lowest BCUT2D eigenvalue weighted by Crippen LogP contribution is -2.14. The maximum atomic E-state index is 13.8. The number of benzene rings is 1. The number of hydrogen-bond acceptors (Lipinski definition) is 2. The first-order valence-electron chi connectivity index (χ1n) is 5.80. The first-order chi connectivity index (χ1) is 8.31. The first kappa shape index (κ1) is 11.8. The number of nitrogens with zero attached hydrogens (tertiary/aromatic N) is 2. The van der Waals surface area contributed by atoms with Gasteiger partial charge in [0.25, 0.3) is 0 Å². The third kappa shape index (κ3) is 2.91. The van der Waals surface area contributed by atoms with Gasteiger partial charge in [-0.15, -0.1) is 0 Å². The summed E-state index contributed by atoms with van der Waals surface area (Å²) in [4.78, 5) is 0. The monoisotopic (exact) mass is 233 g/mol. The van der Waals surface area contributed by atoms with E-state index in [2.05, 4.69) is 17.3 Å². The largest absolute Gasteiger partial charge is 0.313 e. The van der Waals surface area contributed by atoms with Gasteiger partial charge in [-0.05, 0) is 36.7 Å². The summed E-state index contributed by atoms with van der Waals surface area (Å²) in [6, 6.07) is 7.00. The summed E-state index contributed by atoms with van der Waals surface area (Å²) in [5.74, 6) is -0.246. The molecule has 0 amide bonds. The molecule has 0 aliphatic rings. The average Bonchev–Trinajstić information content (AvgIpc) is 2.83. The standard InChI is InChI=1S/C13H16FN3/c1-2-6-15-10-11-4-5-13(12(14)9-11)17-8-3-7-16-17/h3-5,7-9,15H,2,6,10H2,1H3. The van der Waals surface area contributed by atoms with E-state index in [9.17, 15) is 4.39 Å². The Hall–Kier alpha value is -1.68. The van der Waals surface area contributed by atoms with E-state index >= 15 is 0 Å². The van der Waals surface area contributed by atoms with Crippen molar-refractivity contribution >= 4 is 0 Å². The van der Waals surface area contributed by atoms with Gasteiger partial charge < -0.3 is 5.32 Å². The lowest BCUT2D eigenvalue weighted by atomic mass is 10.2. The fourth-order valence-corrected chi connectivity index (χ4v) is 1.67. The molecule has 0 fully saturated rings. The quantitative estimate of drug-likeness (QED) is 0.804. The summed E-state index contributed by atoms with van der Waals surface area (Å²) in [5.41, 5.74) is 1.43. The highest BCUT2D eigenvalue weighted by Gasteiger charge is 2.05. The van der Waals surface area contributed by atoms with Gasteiger partial charge in [0.1, 0.15) is 11.5 Å². The number of aromatic nitrogens is 2. The van der Waals surface area contributed by atoms with Gasteiger partial charge in [0.15, 0.2) is 0 Å². The minimum Gasteiger partial charge on any atom is -0.313 e. The van der Waals surface area contributed by atoms with Gasteiger partial charge in [0.2, 0.25) is 0 Å². The molecule has 0 atom stereocenters. The zero-order valence-corrected chi connectivity index (χ0v) is 9.86. The molecule has 0 aliphatic carbocycles. The van der Waals surface area contributed by atoms with Crippen molar-refractivity contribution in [3.63, 3.8) is 0 Å². The zero-order valence-electron chi connectivity index (χ0n) is 9.86. The Kier molecular flexibility index (Phi) is 3.88. The molecule has 2 aromatic rings. The average molecular weight is 233 g/mol. The van der Waals surface area contributed by atoms with E-state index in [-0.39, 0.29) is 5.82 Å². The third-order valence-corrected chi connectivity index (χ3v) is 2.52. The summed E-state index contributed by atoms with van der Waals surface area (Å²) in [5, 5.41) is 7.26. The Bertz CT molecular complexity index is 466. The van der Waals surface area contributed by atoms with Crippen LogP contribution < -0.4 is 5.32 Å². The number of rotatable bonds is 5. The summed E-state index contributed by atoms with van der Waals surface area (Å²) >= 11 is 0. The normalized spacial score (nSPS) is 10.7. The SMILES string of the molecule is CCCNCc1ccc(-n2cccn2)c(F)c1. The van der Waals surface area contributed by atoms with Crippen LogP contribution in [0.2, 0.25) is 0 Å². The molecule has 0 bridgehead atoms. The molecule has 0 spiro atoms. The molecular formula is C13H16FN3. The van der Waals surface area contributed by atoms with Crippen LogP contribution in [0.15, 0.2) is 36.7 Å². The van der Waals surface area contributed by atoms with Crippen molar-refractivity contribution in [2.45, 2.75) is 19.9 Å². The Morgan fingerprint density at radius 3 is 2.94 bits per heavy atom. The molecule has 17 heavy (non-hydrogen) atoms. The minimum absolute atomic E-state index is 0.246. The molecule has 90 valence electrons. The van der Waals surface area contributed by atoms with Gasteiger partial charge in [-0.3, -0.25) is 0 Å². The van der Waals surface area contributed by atoms with E-state index in [4.69, 9.17) is 0 Å². The molecule has 1 N–H and O–H groups in total. The fraction of sp³-hybridized carbons (Fsp3) is 0.308. The van der Waals surface area contributed by atoms with E-state index in [1.807, 2.05) is 6.07 Å². The molecule has 0 saturated carbocycles. The Labute approximate surface area is 100 Å². The van der Waals surface area contributed by atoms with Crippen molar-refractivity contribution in [2.24, 2.45) is 0 Å². The lowest BCUT2D eigenvalue weighted by molar-refractivity contribution is 0.604. The third-order valence-electron chi connectivity index (χ3n) is 2.52. The van der Waals surface area contributed by atoms with Crippen LogP contribution in [0.5, 0.6) is 0 Å². The van der Waals surface area contributed by atoms with E-state index in [0.29, 0.717) is 12.2 Å². The van der Waals surface area contributed by atoms with Gasteiger partial charge in [-0.25, -0.2) is 9.07 Å². The van der Waals surface area contributed by atoms with E-state index in [0.717, 1.165) is 18.5 Å². The number of hydrogen-bond donors (Lipinski definition) is 1. The van der Waals surface area contributed by atoms with Crippen LogP contribution in [0.1, 0.15) is 18.9 Å². The zero-order chi connectivity index (χ0) is 12.1. The second-order valence-corrected chi connectivity index (χ2v) is 3.91. The van der Waals surface area contributed by atoms with E-state index in [1.54, 1.807) is 30.6 Å². The highest BCUT2D eigenvalue weighted by atomic mass is 19.1. The number of halogens is 1. The summed E-state index contributed by atoms with van der Waals surface area (Å²) < 4.78 is 15.4. The van der Waals surface area contributed by atoms with Crippen molar-refractivity contribution in [1.82, 2.24) is 15.1 Å². The highest BCUT2D eigenvalue weighted by molar-refractivity contribution is 5.35. The fourth-order valence-electron chi connectivity index (χ4n) is 1.67. The van der Waals surface area contributed by atoms with Crippen LogP contribution in [0, 0.1) is 5.82 Å². The molecule has 4 heteroatoms. The summed E-state index contributed by atoms with van der Waals surface area (Å²) in [6.45, 7) is 3.75. The topological polar surface area (TPSA) is 29.9 Å². The molecule has 1 heterocycles. The van der Waals surface area contributed by atoms with E-state index in [1.165, 1.54) is 4.68 Å². The van der Waals surface area contributed by atoms with Crippen LogP contribution in [0.3, 0.4) is 0 Å². The van der Waals surface area contributed by atoms with Crippen LogP contribution in [-0.4, -0.2) is 16.3 Å². The van der Waals surface area contributed by atoms with Crippen LogP contribution in [-0.2, 0) is 6.54 Å². The Balaban J connectivity index is 2.12. The Morgan fingerprint density at radius 1 is 1.41 bits per heavy atom. The maximum Gasteiger partial charge on any atom is 0.149 e. The number of nitrogens with one attached hydrogen (secondary N) is 1. The molecule has 0 aliphatic heterocycles. The molecule has 3 nitrogen and oxygen atoms in total. The van der Waals surface area contributed by atoms with Crippen LogP contribution >= 0.6 is 0 Å². The van der Waals surface area contributed by atoms with Gasteiger partial charge in [-0.1, -0.05) is 13.0 Å². The van der Waals surface area contributed by atoms with Gasteiger partial charge in [-0.2, -0.15) is 5.10 Å². The van der Waals surface area contributed by atoms with Crippen molar-refractivity contribution in [1.29, 1.82) is 0 Å². The summed E-state index contributed by atoms with van der Waals surface area (Å²) in [6.07, 6.45) is 4.44. The first-order valence-corrected chi connectivity index (χ1v) is 5.80. The molecule has 1 aromatic heterocycles. The molecule has 0 saturated heterocycles. The van der Waals surface area contributed by atoms with Crippen molar-refractivity contribution in [3.8, 4) is 5.69 Å². The molecule has 0 radical (unpaired) electrons. The van der Waals surface area contributed by atoms with Crippen LogP contribution in [0.4, 0.5) is 4.39 Å². The van der Waals surface area contributed by atoms with Gasteiger partial charge in [0.05, 0.1) is 0 Å². The second-order valence-electron chi connectivity index (χ2n) is 3.91. The molecule has 0 unspecified atom stereocenters.